The molecule has 0 amide bonds. The average Bonchev–Trinajstić information content (AvgIpc) is 2.91. The van der Waals surface area contributed by atoms with Gasteiger partial charge in [0.1, 0.15) is 6.10 Å². The standard InChI is InChI=1S/C35H56O4/c1-3-5-7-9-10-11-12-13-14-15-16-17-18-19-20-22-28-32-35(38)39-33(29-25-21-8-6-4-2)30-26-23-24-27-31-34(36)37/h5,7,10-11,13-14,16-17,19-20,25,29,33H,3-4,6,8-9,12,15,18,21-24,26-28,30-32H2,1-2H3,(H,36,37)/b7-5-,11-10-,14-13-,17-16-,20-19-,29-25-. The molecule has 4 nitrogen and oxygen atoms in total. The minimum absolute atomic E-state index is 0.128. The Morgan fingerprint density at radius 3 is 1.77 bits per heavy atom. The summed E-state index contributed by atoms with van der Waals surface area (Å²) in [4.78, 5) is 23.0. The fourth-order valence-electron chi connectivity index (χ4n) is 3.89. The van der Waals surface area contributed by atoms with Crippen LogP contribution in [0.1, 0.15) is 129 Å². The fourth-order valence-corrected chi connectivity index (χ4v) is 3.89. The molecule has 0 aliphatic rings. The highest BCUT2D eigenvalue weighted by atomic mass is 16.5. The molecule has 1 atom stereocenters. The second kappa shape index (κ2) is 29.9. The smallest absolute Gasteiger partial charge is 0.306 e. The Morgan fingerprint density at radius 1 is 0.615 bits per heavy atom. The molecule has 0 rings (SSSR count). The highest BCUT2D eigenvalue weighted by molar-refractivity contribution is 5.69. The van der Waals surface area contributed by atoms with Gasteiger partial charge in [-0.05, 0) is 83.1 Å². The van der Waals surface area contributed by atoms with Gasteiger partial charge in [0.25, 0.3) is 0 Å². The first kappa shape index (κ1) is 36.4. The third kappa shape index (κ3) is 29.8. The monoisotopic (exact) mass is 540 g/mol. The molecule has 0 spiro atoms. The number of carbonyl (C=O) groups is 2. The molecular weight excluding hydrogens is 484 g/mol. The largest absolute Gasteiger partial charge is 0.481 e. The van der Waals surface area contributed by atoms with Crippen LogP contribution in [0, 0.1) is 0 Å². The average molecular weight is 541 g/mol. The fraction of sp³-hybridized carbons (Fsp3) is 0.600. The number of hydrogen-bond donors (Lipinski definition) is 1. The van der Waals surface area contributed by atoms with Gasteiger partial charge in [-0.25, -0.2) is 0 Å². The maximum absolute atomic E-state index is 12.4. The van der Waals surface area contributed by atoms with Gasteiger partial charge in [0.05, 0.1) is 0 Å². The van der Waals surface area contributed by atoms with Gasteiger partial charge in [0, 0.05) is 12.8 Å². The first-order valence-corrected chi connectivity index (χ1v) is 15.4. The molecule has 0 aromatic rings. The van der Waals surface area contributed by atoms with E-state index in [9.17, 15) is 9.59 Å². The molecule has 0 fully saturated rings. The van der Waals surface area contributed by atoms with Crippen molar-refractivity contribution in [1.82, 2.24) is 0 Å². The van der Waals surface area contributed by atoms with Gasteiger partial charge < -0.3 is 9.84 Å². The number of hydrogen-bond acceptors (Lipinski definition) is 3. The molecule has 0 saturated heterocycles. The van der Waals surface area contributed by atoms with Crippen LogP contribution in [0.3, 0.4) is 0 Å². The number of esters is 1. The highest BCUT2D eigenvalue weighted by Crippen LogP contribution is 2.13. The number of carboxylic acids is 1. The zero-order chi connectivity index (χ0) is 28.7. The molecular formula is C35H56O4. The molecule has 1 N–H and O–H groups in total. The predicted octanol–water partition coefficient (Wildman–Crippen LogP) is 10.4. The molecule has 0 aliphatic carbocycles. The quantitative estimate of drug-likeness (QED) is 0.0673. The molecule has 220 valence electrons. The summed E-state index contributed by atoms with van der Waals surface area (Å²) in [7, 11) is 0. The second-order valence-corrected chi connectivity index (χ2v) is 9.90. The van der Waals surface area contributed by atoms with Crippen molar-refractivity contribution >= 4 is 11.9 Å². The van der Waals surface area contributed by atoms with E-state index in [0.717, 1.165) is 83.5 Å². The number of rotatable bonds is 26. The molecule has 0 aromatic carbocycles. The molecule has 0 bridgehead atoms. The molecule has 0 saturated carbocycles. The van der Waals surface area contributed by atoms with Gasteiger partial charge >= 0.3 is 11.9 Å². The molecule has 0 heterocycles. The van der Waals surface area contributed by atoms with Crippen molar-refractivity contribution in [2.75, 3.05) is 0 Å². The van der Waals surface area contributed by atoms with Crippen LogP contribution in [-0.4, -0.2) is 23.1 Å². The van der Waals surface area contributed by atoms with Crippen molar-refractivity contribution in [3.63, 3.8) is 0 Å². The van der Waals surface area contributed by atoms with E-state index in [1.165, 1.54) is 12.8 Å². The van der Waals surface area contributed by atoms with Crippen LogP contribution in [0.15, 0.2) is 72.9 Å². The number of aliphatic carboxylic acids is 1. The zero-order valence-electron chi connectivity index (χ0n) is 24.9. The summed E-state index contributed by atoms with van der Waals surface area (Å²) >= 11 is 0. The Hall–Kier alpha value is -2.62. The van der Waals surface area contributed by atoms with Crippen LogP contribution >= 0.6 is 0 Å². The summed E-state index contributed by atoms with van der Waals surface area (Å²) in [6.07, 6.45) is 42.1. The summed E-state index contributed by atoms with van der Waals surface area (Å²) in [6.45, 7) is 4.34. The predicted molar refractivity (Wildman–Crippen MR) is 167 cm³/mol. The summed E-state index contributed by atoms with van der Waals surface area (Å²) in [5.41, 5.74) is 0. The Morgan fingerprint density at radius 2 is 1.18 bits per heavy atom. The molecule has 4 heteroatoms. The van der Waals surface area contributed by atoms with Crippen molar-refractivity contribution in [1.29, 1.82) is 0 Å². The van der Waals surface area contributed by atoms with Crippen molar-refractivity contribution in [3.05, 3.63) is 72.9 Å². The van der Waals surface area contributed by atoms with Crippen molar-refractivity contribution in [2.45, 2.75) is 136 Å². The van der Waals surface area contributed by atoms with Crippen molar-refractivity contribution in [2.24, 2.45) is 0 Å². The van der Waals surface area contributed by atoms with Gasteiger partial charge in [-0.1, -0.05) is 106 Å². The Kier molecular flexibility index (Phi) is 27.9. The molecule has 39 heavy (non-hydrogen) atoms. The summed E-state index contributed by atoms with van der Waals surface area (Å²) in [6, 6.07) is 0. The van der Waals surface area contributed by atoms with E-state index >= 15 is 0 Å². The van der Waals surface area contributed by atoms with Gasteiger partial charge in [-0.3, -0.25) is 9.59 Å². The highest BCUT2D eigenvalue weighted by Gasteiger charge is 2.11. The van der Waals surface area contributed by atoms with E-state index < -0.39 is 5.97 Å². The van der Waals surface area contributed by atoms with E-state index in [4.69, 9.17) is 9.84 Å². The third-order valence-corrected chi connectivity index (χ3v) is 6.15. The Bertz CT molecular complexity index is 755. The summed E-state index contributed by atoms with van der Waals surface area (Å²) in [5, 5.41) is 8.75. The lowest BCUT2D eigenvalue weighted by Crippen LogP contribution is -2.16. The number of unbranched alkanes of at least 4 members (excludes halogenated alkanes) is 7. The molecule has 0 aromatic heterocycles. The summed E-state index contributed by atoms with van der Waals surface area (Å²) in [5.74, 6) is -0.863. The van der Waals surface area contributed by atoms with Gasteiger partial charge in [0.2, 0.25) is 0 Å². The number of carbonyl (C=O) groups excluding carboxylic acids is 1. The van der Waals surface area contributed by atoms with Crippen LogP contribution in [-0.2, 0) is 14.3 Å². The zero-order valence-corrected chi connectivity index (χ0v) is 24.9. The minimum Gasteiger partial charge on any atom is -0.481 e. The minimum atomic E-state index is -0.735. The van der Waals surface area contributed by atoms with Crippen LogP contribution in [0.5, 0.6) is 0 Å². The van der Waals surface area contributed by atoms with E-state index in [1.54, 1.807) is 0 Å². The number of allylic oxidation sites excluding steroid dienone is 11. The first-order chi connectivity index (χ1) is 19.1. The number of ether oxygens (including phenoxy) is 1. The second-order valence-electron chi connectivity index (χ2n) is 9.90. The maximum Gasteiger partial charge on any atom is 0.306 e. The van der Waals surface area contributed by atoms with Crippen LogP contribution in [0.2, 0.25) is 0 Å². The van der Waals surface area contributed by atoms with Crippen LogP contribution in [0.4, 0.5) is 0 Å². The van der Waals surface area contributed by atoms with Gasteiger partial charge in [-0.2, -0.15) is 0 Å². The normalized spacial score (nSPS) is 13.3. The van der Waals surface area contributed by atoms with Gasteiger partial charge in [-0.15, -0.1) is 0 Å². The van der Waals surface area contributed by atoms with E-state index in [-0.39, 0.29) is 18.5 Å². The van der Waals surface area contributed by atoms with E-state index in [0.29, 0.717) is 12.8 Å². The SMILES string of the molecule is CC/C=C\C/C=C\C/C=C\C/C=C\C/C=C\CCCC(=O)OC(/C=C\CCCCC)CCCCCCC(=O)O. The first-order valence-electron chi connectivity index (χ1n) is 15.4. The topological polar surface area (TPSA) is 63.6 Å². The van der Waals surface area contributed by atoms with Crippen molar-refractivity contribution < 1.29 is 19.4 Å². The number of carboxylic acid groups (broad SMARTS) is 1. The van der Waals surface area contributed by atoms with Crippen LogP contribution in [0.25, 0.3) is 0 Å². The molecule has 0 aliphatic heterocycles. The maximum atomic E-state index is 12.4. The van der Waals surface area contributed by atoms with Crippen LogP contribution < -0.4 is 0 Å². The molecule has 0 radical (unpaired) electrons. The Balaban J connectivity index is 4.09. The van der Waals surface area contributed by atoms with Gasteiger partial charge in [0.15, 0.2) is 0 Å². The third-order valence-electron chi connectivity index (χ3n) is 6.15. The lowest BCUT2D eigenvalue weighted by Gasteiger charge is -2.14. The van der Waals surface area contributed by atoms with E-state index in [1.807, 2.05) is 0 Å². The lowest BCUT2D eigenvalue weighted by molar-refractivity contribution is -0.147. The molecule has 1 unspecified atom stereocenters. The van der Waals surface area contributed by atoms with E-state index in [2.05, 4.69) is 86.8 Å². The van der Waals surface area contributed by atoms with Crippen molar-refractivity contribution in [3.8, 4) is 0 Å². The lowest BCUT2D eigenvalue weighted by atomic mass is 10.1. The summed E-state index contributed by atoms with van der Waals surface area (Å²) < 4.78 is 5.76. The Labute approximate surface area is 239 Å².